The van der Waals surface area contributed by atoms with Crippen LogP contribution in [0.4, 0.5) is 4.39 Å². The van der Waals surface area contributed by atoms with Gasteiger partial charge in [0.1, 0.15) is 11.9 Å². The molecule has 1 aliphatic rings. The first kappa shape index (κ1) is 19.3. The first-order valence-corrected chi connectivity index (χ1v) is 9.84. The third kappa shape index (κ3) is 3.93. The molecule has 1 aromatic heterocycles. The fourth-order valence-corrected chi connectivity index (χ4v) is 3.74. The molecular formula is C23H24FN3O2. The maximum absolute atomic E-state index is 13.4. The summed E-state index contributed by atoms with van der Waals surface area (Å²) in [6, 6.07) is 16.1. The lowest BCUT2D eigenvalue weighted by molar-refractivity contribution is -0.0228. The molecule has 29 heavy (non-hydrogen) atoms. The molecular weight excluding hydrogens is 369 g/mol. The van der Waals surface area contributed by atoms with Crippen LogP contribution >= 0.6 is 0 Å². The number of benzene rings is 2. The summed E-state index contributed by atoms with van der Waals surface area (Å²) in [6.45, 7) is 5.60. The fourth-order valence-electron chi connectivity index (χ4n) is 3.74. The third-order valence-electron chi connectivity index (χ3n) is 5.18. The summed E-state index contributed by atoms with van der Waals surface area (Å²) in [7, 11) is 0. The van der Waals surface area contributed by atoms with Crippen molar-refractivity contribution < 1.29 is 13.9 Å². The molecule has 0 bridgehead atoms. The van der Waals surface area contributed by atoms with Gasteiger partial charge in [-0.1, -0.05) is 44.2 Å². The minimum absolute atomic E-state index is 0.0497. The van der Waals surface area contributed by atoms with E-state index in [9.17, 15) is 9.18 Å². The highest BCUT2D eigenvalue weighted by Crippen LogP contribution is 2.27. The molecule has 0 N–H and O–H groups in total. The van der Waals surface area contributed by atoms with E-state index >= 15 is 0 Å². The van der Waals surface area contributed by atoms with Gasteiger partial charge >= 0.3 is 0 Å². The summed E-state index contributed by atoms with van der Waals surface area (Å²) in [5.74, 6) is -0.276. The number of ether oxygens (including phenoxy) is 1. The summed E-state index contributed by atoms with van der Waals surface area (Å²) in [5, 5.41) is 4.45. The Bertz CT molecular complexity index is 983. The molecule has 150 valence electrons. The van der Waals surface area contributed by atoms with E-state index in [0.29, 0.717) is 25.3 Å². The van der Waals surface area contributed by atoms with E-state index in [0.717, 1.165) is 16.9 Å². The largest absolute Gasteiger partial charge is 0.370 e. The number of carbonyl (C=O) groups is 1. The van der Waals surface area contributed by atoms with Gasteiger partial charge in [-0.25, -0.2) is 9.07 Å². The van der Waals surface area contributed by atoms with Gasteiger partial charge in [-0.3, -0.25) is 4.79 Å². The van der Waals surface area contributed by atoms with Gasteiger partial charge in [-0.15, -0.1) is 0 Å². The highest BCUT2D eigenvalue weighted by atomic mass is 19.1. The summed E-state index contributed by atoms with van der Waals surface area (Å²) >= 11 is 0. The van der Waals surface area contributed by atoms with Crippen molar-refractivity contribution in [3.05, 3.63) is 83.4 Å². The fraction of sp³-hybridized carbons (Fsp3) is 0.304. The van der Waals surface area contributed by atoms with Crippen LogP contribution in [0.3, 0.4) is 0 Å². The molecule has 6 heteroatoms. The second-order valence-corrected chi connectivity index (χ2v) is 7.51. The van der Waals surface area contributed by atoms with Crippen LogP contribution in [0.15, 0.2) is 60.8 Å². The smallest absolute Gasteiger partial charge is 0.257 e. The van der Waals surface area contributed by atoms with Crippen molar-refractivity contribution in [2.45, 2.75) is 25.9 Å². The summed E-state index contributed by atoms with van der Waals surface area (Å²) in [4.78, 5) is 15.2. The van der Waals surface area contributed by atoms with Gasteiger partial charge in [0.15, 0.2) is 0 Å². The van der Waals surface area contributed by atoms with Crippen LogP contribution < -0.4 is 0 Å². The zero-order chi connectivity index (χ0) is 20.4. The van der Waals surface area contributed by atoms with Crippen LogP contribution in [0, 0.1) is 5.82 Å². The number of rotatable bonds is 4. The Morgan fingerprint density at radius 2 is 1.86 bits per heavy atom. The molecule has 0 unspecified atom stereocenters. The van der Waals surface area contributed by atoms with Gasteiger partial charge in [0.05, 0.1) is 36.3 Å². The molecule has 1 atom stereocenters. The number of hydrogen-bond acceptors (Lipinski definition) is 3. The van der Waals surface area contributed by atoms with E-state index in [4.69, 9.17) is 4.74 Å². The summed E-state index contributed by atoms with van der Waals surface area (Å²) in [6.07, 6.45) is 1.48. The lowest BCUT2D eigenvalue weighted by Crippen LogP contribution is -2.42. The minimum atomic E-state index is -0.302. The number of hydrogen-bond donors (Lipinski definition) is 0. The molecule has 0 radical (unpaired) electrons. The molecule has 0 spiro atoms. The van der Waals surface area contributed by atoms with Crippen molar-refractivity contribution in [3.8, 4) is 5.69 Å². The first-order chi connectivity index (χ1) is 14.0. The van der Waals surface area contributed by atoms with E-state index in [1.165, 1.54) is 12.1 Å². The van der Waals surface area contributed by atoms with Gasteiger partial charge in [-0.2, -0.15) is 5.10 Å². The van der Waals surface area contributed by atoms with Crippen LogP contribution in [0.2, 0.25) is 0 Å². The molecule has 2 heterocycles. The van der Waals surface area contributed by atoms with Crippen molar-refractivity contribution in [1.29, 1.82) is 0 Å². The zero-order valence-electron chi connectivity index (χ0n) is 16.6. The van der Waals surface area contributed by atoms with Gasteiger partial charge in [0, 0.05) is 6.54 Å². The van der Waals surface area contributed by atoms with Crippen molar-refractivity contribution in [3.63, 3.8) is 0 Å². The quantitative estimate of drug-likeness (QED) is 0.662. The maximum Gasteiger partial charge on any atom is 0.257 e. The number of amides is 1. The van der Waals surface area contributed by atoms with E-state index in [1.54, 1.807) is 23.0 Å². The van der Waals surface area contributed by atoms with Crippen molar-refractivity contribution in [2.75, 3.05) is 19.7 Å². The van der Waals surface area contributed by atoms with Gasteiger partial charge < -0.3 is 9.64 Å². The van der Waals surface area contributed by atoms with E-state index in [2.05, 4.69) is 5.10 Å². The predicted octanol–water partition coefficient (Wildman–Crippen LogP) is 4.35. The third-order valence-corrected chi connectivity index (χ3v) is 5.18. The van der Waals surface area contributed by atoms with Gasteiger partial charge in [0.25, 0.3) is 5.91 Å². The normalized spacial score (nSPS) is 17.0. The lowest BCUT2D eigenvalue weighted by Gasteiger charge is -2.33. The highest BCUT2D eigenvalue weighted by molar-refractivity contribution is 5.95. The number of halogens is 1. The molecule has 2 aromatic carbocycles. The van der Waals surface area contributed by atoms with Gasteiger partial charge in [0.2, 0.25) is 0 Å². The summed E-state index contributed by atoms with van der Waals surface area (Å²) in [5.41, 5.74) is 3.21. The predicted molar refractivity (Wildman–Crippen MR) is 109 cm³/mol. The molecule has 1 fully saturated rings. The Kier molecular flexibility index (Phi) is 5.45. The molecule has 5 nitrogen and oxygen atoms in total. The number of aromatic nitrogens is 2. The molecule has 4 rings (SSSR count). The summed E-state index contributed by atoms with van der Waals surface area (Å²) < 4.78 is 20.9. The van der Waals surface area contributed by atoms with Crippen LogP contribution in [0.25, 0.3) is 5.69 Å². The zero-order valence-corrected chi connectivity index (χ0v) is 16.6. The molecule has 0 aliphatic carbocycles. The second kappa shape index (κ2) is 8.17. The Hall–Kier alpha value is -2.99. The molecule has 3 aromatic rings. The van der Waals surface area contributed by atoms with E-state index < -0.39 is 0 Å². The van der Waals surface area contributed by atoms with Crippen LogP contribution in [-0.2, 0) is 4.74 Å². The van der Waals surface area contributed by atoms with E-state index in [1.807, 2.05) is 49.1 Å². The topological polar surface area (TPSA) is 47.4 Å². The standard InChI is InChI=1S/C23H24FN3O2/c1-16(2)22-20(14-25-27(22)19-10-8-18(24)9-11-19)23(28)26-12-13-29-21(15-26)17-6-4-3-5-7-17/h3-11,14,16,21H,12-13,15H2,1-2H3/t21-/m1/s1. The minimum Gasteiger partial charge on any atom is -0.370 e. The molecule has 1 saturated heterocycles. The van der Waals surface area contributed by atoms with Crippen LogP contribution in [0.5, 0.6) is 0 Å². The number of carbonyl (C=O) groups excluding carboxylic acids is 1. The van der Waals surface area contributed by atoms with Crippen molar-refractivity contribution in [1.82, 2.24) is 14.7 Å². The Labute approximate surface area is 169 Å². The Morgan fingerprint density at radius 3 is 2.55 bits per heavy atom. The average molecular weight is 393 g/mol. The molecule has 1 aliphatic heterocycles. The lowest BCUT2D eigenvalue weighted by atomic mass is 10.0. The average Bonchev–Trinajstić information content (AvgIpc) is 3.20. The molecule has 1 amide bonds. The second-order valence-electron chi connectivity index (χ2n) is 7.51. The Morgan fingerprint density at radius 1 is 1.14 bits per heavy atom. The van der Waals surface area contributed by atoms with Gasteiger partial charge in [-0.05, 0) is 35.7 Å². The first-order valence-electron chi connectivity index (χ1n) is 9.84. The number of nitrogens with zero attached hydrogens (tertiary/aromatic N) is 3. The van der Waals surface area contributed by atoms with Crippen molar-refractivity contribution >= 4 is 5.91 Å². The number of morpholine rings is 1. The molecule has 0 saturated carbocycles. The maximum atomic E-state index is 13.4. The highest BCUT2D eigenvalue weighted by Gasteiger charge is 2.29. The Balaban J connectivity index is 1.62. The van der Waals surface area contributed by atoms with Crippen molar-refractivity contribution in [2.24, 2.45) is 0 Å². The monoisotopic (exact) mass is 393 g/mol. The van der Waals surface area contributed by atoms with E-state index in [-0.39, 0.29) is 23.7 Å². The SMILES string of the molecule is CC(C)c1c(C(=O)N2CCO[C@@H](c3ccccc3)C2)cnn1-c1ccc(F)cc1. The van der Waals surface area contributed by atoms with Crippen LogP contribution in [-0.4, -0.2) is 40.3 Å². The van der Waals surface area contributed by atoms with Crippen LogP contribution in [0.1, 0.15) is 47.5 Å².